The zero-order chi connectivity index (χ0) is 24.2. The van der Waals surface area contributed by atoms with Gasteiger partial charge in [0.2, 0.25) is 0 Å². The Bertz CT molecular complexity index is 817. The second-order valence-corrected chi connectivity index (χ2v) is 13.7. The van der Waals surface area contributed by atoms with E-state index in [2.05, 4.69) is 60.6 Å². The van der Waals surface area contributed by atoms with Crippen LogP contribution in [0.5, 0.6) is 0 Å². The number of ether oxygens (including phenoxy) is 1. The summed E-state index contributed by atoms with van der Waals surface area (Å²) in [6, 6.07) is 0. The van der Waals surface area contributed by atoms with Gasteiger partial charge in [-0.15, -0.1) is 0 Å². The van der Waals surface area contributed by atoms with Crippen LogP contribution < -0.4 is 0 Å². The summed E-state index contributed by atoms with van der Waals surface area (Å²) in [5.74, 6) is 5.78. The summed E-state index contributed by atoms with van der Waals surface area (Å²) in [6.07, 6.45) is 16.9. The molecular weight excluding hydrogens is 404 g/mol. The van der Waals surface area contributed by atoms with Gasteiger partial charge in [0.25, 0.3) is 0 Å². The van der Waals surface area contributed by atoms with Gasteiger partial charge < -0.3 is 4.74 Å². The van der Waals surface area contributed by atoms with E-state index < -0.39 is 0 Å². The van der Waals surface area contributed by atoms with Crippen molar-refractivity contribution in [2.45, 2.75) is 113 Å². The van der Waals surface area contributed by atoms with Crippen molar-refractivity contribution in [3.63, 3.8) is 0 Å². The van der Waals surface area contributed by atoms with Crippen molar-refractivity contribution in [2.24, 2.45) is 51.8 Å². The summed E-state index contributed by atoms with van der Waals surface area (Å²) in [5, 5.41) is 0. The summed E-state index contributed by atoms with van der Waals surface area (Å²) in [6.45, 7) is 18.6. The van der Waals surface area contributed by atoms with Gasteiger partial charge in [-0.25, -0.2) is 0 Å². The first-order valence-electron chi connectivity index (χ1n) is 14.0. The molecule has 7 atom stereocenters. The van der Waals surface area contributed by atoms with E-state index in [9.17, 15) is 4.79 Å². The van der Waals surface area contributed by atoms with Crippen LogP contribution in [0.1, 0.15) is 113 Å². The minimum atomic E-state index is -0.195. The number of esters is 1. The van der Waals surface area contributed by atoms with Gasteiger partial charge in [-0.3, -0.25) is 4.79 Å². The van der Waals surface area contributed by atoms with E-state index in [1.165, 1.54) is 63.9 Å². The van der Waals surface area contributed by atoms with E-state index in [-0.39, 0.29) is 16.8 Å². The molecule has 0 spiro atoms. The number of hydrogen-bond acceptors (Lipinski definition) is 2. The summed E-state index contributed by atoms with van der Waals surface area (Å²) in [4.78, 5) is 11.7. The summed E-state index contributed by atoms with van der Waals surface area (Å²) < 4.78 is 5.69. The molecule has 0 unspecified atom stereocenters. The zero-order valence-electron chi connectivity index (χ0n) is 22.8. The number of carbonyl (C=O) groups excluding carboxylic acids is 1. The van der Waals surface area contributed by atoms with Crippen LogP contribution in [0.4, 0.5) is 0 Å². The Morgan fingerprint density at radius 2 is 1.70 bits per heavy atom. The Hall–Kier alpha value is -1.05. The molecule has 186 valence electrons. The van der Waals surface area contributed by atoms with Gasteiger partial charge in [-0.2, -0.15) is 0 Å². The Balaban J connectivity index is 1.55. The highest BCUT2D eigenvalue weighted by atomic mass is 16.5. The first kappa shape index (κ1) is 25.1. The van der Waals surface area contributed by atoms with Crippen LogP contribution in [0.15, 0.2) is 23.5 Å². The zero-order valence-corrected chi connectivity index (χ0v) is 22.8. The molecule has 2 heteroatoms. The molecule has 0 aliphatic heterocycles. The highest BCUT2D eigenvalue weighted by molar-refractivity contribution is 5.68. The molecule has 2 fully saturated rings. The van der Waals surface area contributed by atoms with Crippen LogP contribution in [0.2, 0.25) is 0 Å². The smallest absolute Gasteiger partial charge is 0.307 e. The minimum absolute atomic E-state index is 0.190. The number of hydrogen-bond donors (Lipinski definition) is 0. The number of allylic oxidation sites excluding steroid dienone is 3. The maximum atomic E-state index is 11.7. The third kappa shape index (κ3) is 4.16. The van der Waals surface area contributed by atoms with Crippen molar-refractivity contribution >= 4 is 5.97 Å². The molecule has 0 aromatic rings. The average Bonchev–Trinajstić information content (AvgIpc) is 3.07. The van der Waals surface area contributed by atoms with E-state index >= 15 is 0 Å². The van der Waals surface area contributed by atoms with Crippen molar-refractivity contribution in [2.75, 3.05) is 0 Å². The lowest BCUT2D eigenvalue weighted by Gasteiger charge is -2.60. The molecule has 4 rings (SSSR count). The largest absolute Gasteiger partial charge is 0.431 e. The van der Waals surface area contributed by atoms with Crippen LogP contribution in [0.25, 0.3) is 0 Å². The molecule has 2 saturated carbocycles. The topological polar surface area (TPSA) is 26.3 Å². The number of rotatable bonds is 6. The fraction of sp³-hybridized carbons (Fsp3) is 0.839. The molecule has 4 aliphatic carbocycles. The molecule has 4 aliphatic rings. The van der Waals surface area contributed by atoms with E-state index in [1.54, 1.807) is 0 Å². The molecule has 2 nitrogen and oxygen atoms in total. The molecule has 0 saturated heterocycles. The standard InChI is InChI=1S/C31H50O2/c1-20(2)10-9-11-21(3)23-16-18-30(7)24(23)12-13-26-25(30)14-15-27-29(5,6)28(33-22(4)32)17-19-31(26,27)8/h15,17,20-21,23-26H,9-14,16,18-19H2,1-8H3/t21-,23-,24+,25+,26-,30+,31-/m1/s1. The van der Waals surface area contributed by atoms with Crippen molar-refractivity contribution in [3.8, 4) is 0 Å². The monoisotopic (exact) mass is 454 g/mol. The van der Waals surface area contributed by atoms with Crippen molar-refractivity contribution in [1.82, 2.24) is 0 Å². The SMILES string of the molecule is CC(=O)OC1=CC[C@@]2(C)C(=CC[C@H]3[C@H]2CC[C@H]2[C@@H]([C@H](C)CCCC(C)C)CC[C@@]23C)C1(C)C. The molecular formula is C31H50O2. The van der Waals surface area contributed by atoms with E-state index in [4.69, 9.17) is 4.74 Å². The molecule has 0 bridgehead atoms. The van der Waals surface area contributed by atoms with Crippen molar-refractivity contribution in [3.05, 3.63) is 23.5 Å². The first-order valence-corrected chi connectivity index (χ1v) is 14.0. The first-order chi connectivity index (χ1) is 15.4. The predicted molar refractivity (Wildman–Crippen MR) is 137 cm³/mol. The average molecular weight is 455 g/mol. The molecule has 0 aromatic carbocycles. The molecule has 0 radical (unpaired) electrons. The Labute approximate surface area is 204 Å². The van der Waals surface area contributed by atoms with Gasteiger partial charge in [-0.05, 0) is 105 Å². The Morgan fingerprint density at radius 1 is 1.00 bits per heavy atom. The number of carbonyl (C=O) groups is 1. The summed E-state index contributed by atoms with van der Waals surface area (Å²) >= 11 is 0. The third-order valence-electron chi connectivity index (χ3n) is 10.9. The lowest BCUT2D eigenvalue weighted by Crippen LogP contribution is -2.53. The van der Waals surface area contributed by atoms with Gasteiger partial charge in [0, 0.05) is 12.3 Å². The molecule has 0 N–H and O–H groups in total. The van der Waals surface area contributed by atoms with Gasteiger partial charge in [0.05, 0.1) is 0 Å². The predicted octanol–water partition coefficient (Wildman–Crippen LogP) is 8.72. The molecule has 33 heavy (non-hydrogen) atoms. The van der Waals surface area contributed by atoms with Gasteiger partial charge >= 0.3 is 5.97 Å². The summed E-state index contributed by atoms with van der Waals surface area (Å²) in [5.41, 5.74) is 2.04. The molecule has 0 aromatic heterocycles. The second kappa shape index (κ2) is 8.87. The maximum absolute atomic E-state index is 11.7. The van der Waals surface area contributed by atoms with E-state index in [1.807, 2.05) is 0 Å². The van der Waals surface area contributed by atoms with E-state index in [0.717, 1.165) is 47.7 Å². The molecule has 0 amide bonds. The number of fused-ring (bicyclic) bond motifs is 5. The van der Waals surface area contributed by atoms with Crippen LogP contribution in [0.3, 0.4) is 0 Å². The lowest BCUT2D eigenvalue weighted by atomic mass is 9.44. The fourth-order valence-electron chi connectivity index (χ4n) is 9.24. The second-order valence-electron chi connectivity index (χ2n) is 13.7. The van der Waals surface area contributed by atoms with Gasteiger partial charge in [0.1, 0.15) is 5.76 Å². The van der Waals surface area contributed by atoms with Crippen molar-refractivity contribution in [1.29, 1.82) is 0 Å². The Morgan fingerprint density at radius 3 is 2.36 bits per heavy atom. The maximum Gasteiger partial charge on any atom is 0.307 e. The Kier molecular flexibility index (Phi) is 6.73. The van der Waals surface area contributed by atoms with Crippen LogP contribution in [-0.2, 0) is 9.53 Å². The van der Waals surface area contributed by atoms with Gasteiger partial charge in [-0.1, -0.05) is 65.5 Å². The minimum Gasteiger partial charge on any atom is -0.431 e. The van der Waals surface area contributed by atoms with Crippen molar-refractivity contribution < 1.29 is 9.53 Å². The third-order valence-corrected chi connectivity index (χ3v) is 10.9. The normalized spacial score (nSPS) is 40.3. The highest BCUT2D eigenvalue weighted by Gasteiger charge is 2.61. The highest BCUT2D eigenvalue weighted by Crippen LogP contribution is 2.69. The van der Waals surface area contributed by atoms with Crippen LogP contribution >= 0.6 is 0 Å². The van der Waals surface area contributed by atoms with Gasteiger partial charge in [0.15, 0.2) is 0 Å². The van der Waals surface area contributed by atoms with E-state index in [0.29, 0.717) is 5.41 Å². The van der Waals surface area contributed by atoms with Crippen LogP contribution in [0, 0.1) is 51.8 Å². The summed E-state index contributed by atoms with van der Waals surface area (Å²) in [7, 11) is 0. The molecule has 0 heterocycles. The lowest BCUT2D eigenvalue weighted by molar-refractivity contribution is -0.139. The van der Waals surface area contributed by atoms with Crippen LogP contribution in [-0.4, -0.2) is 5.97 Å². The fourth-order valence-corrected chi connectivity index (χ4v) is 9.24. The quantitative estimate of drug-likeness (QED) is 0.296.